The van der Waals surface area contributed by atoms with Crippen molar-refractivity contribution in [3.05, 3.63) is 83.6 Å². The van der Waals surface area contributed by atoms with Gasteiger partial charge in [-0.1, -0.05) is 60.2 Å². The minimum absolute atomic E-state index is 0.915. The van der Waals surface area contributed by atoms with Crippen LogP contribution in [-0.2, 0) is 6.54 Å². The summed E-state index contributed by atoms with van der Waals surface area (Å²) in [6.45, 7) is 5.22. The van der Waals surface area contributed by atoms with Crippen LogP contribution >= 0.6 is 0 Å². The third-order valence-electron chi connectivity index (χ3n) is 3.69. The van der Waals surface area contributed by atoms with Crippen molar-refractivity contribution in [2.75, 3.05) is 0 Å². The maximum Gasteiger partial charge on any atom is 0.0513 e. The highest BCUT2D eigenvalue weighted by Crippen LogP contribution is 2.25. The quantitative estimate of drug-likeness (QED) is 0.637. The molecule has 1 heteroatoms. The van der Waals surface area contributed by atoms with Crippen LogP contribution in [0.4, 0.5) is 0 Å². The monoisotopic (exact) mass is 261 g/mol. The van der Waals surface area contributed by atoms with Gasteiger partial charge < -0.3 is 4.57 Å². The van der Waals surface area contributed by atoms with Crippen LogP contribution in [0, 0.1) is 13.8 Å². The molecule has 0 atom stereocenters. The molecule has 1 aromatic heterocycles. The van der Waals surface area contributed by atoms with E-state index >= 15 is 0 Å². The molecule has 100 valence electrons. The van der Waals surface area contributed by atoms with Gasteiger partial charge in [0.25, 0.3) is 0 Å². The predicted molar refractivity (Wildman–Crippen MR) is 84.9 cm³/mol. The van der Waals surface area contributed by atoms with E-state index in [0.717, 1.165) is 6.54 Å². The van der Waals surface area contributed by atoms with E-state index in [1.54, 1.807) is 0 Å². The lowest BCUT2D eigenvalue weighted by atomic mass is 10.1. The molecular formula is C19H19N. The van der Waals surface area contributed by atoms with Crippen LogP contribution in [0.15, 0.2) is 66.9 Å². The van der Waals surface area contributed by atoms with Crippen molar-refractivity contribution in [1.82, 2.24) is 4.57 Å². The summed E-state index contributed by atoms with van der Waals surface area (Å²) in [5.41, 5.74) is 6.55. The lowest BCUT2D eigenvalue weighted by molar-refractivity contribution is 0.813. The first-order valence-corrected chi connectivity index (χ1v) is 7.01. The summed E-state index contributed by atoms with van der Waals surface area (Å²) in [5.74, 6) is 0. The fourth-order valence-corrected chi connectivity index (χ4v) is 2.60. The normalized spacial score (nSPS) is 10.7. The zero-order valence-electron chi connectivity index (χ0n) is 12.0. The van der Waals surface area contributed by atoms with Crippen LogP contribution in [0.25, 0.3) is 11.3 Å². The minimum atomic E-state index is 0.915. The molecular weight excluding hydrogens is 242 g/mol. The van der Waals surface area contributed by atoms with E-state index in [-0.39, 0.29) is 0 Å². The molecule has 2 aromatic carbocycles. The number of nitrogens with zero attached hydrogens (tertiary/aromatic N) is 1. The average molecular weight is 261 g/mol. The highest BCUT2D eigenvalue weighted by molar-refractivity contribution is 5.64. The van der Waals surface area contributed by atoms with Crippen molar-refractivity contribution in [3.8, 4) is 11.3 Å². The summed E-state index contributed by atoms with van der Waals surface area (Å²) in [6.07, 6.45) is 2.18. The second kappa shape index (κ2) is 5.38. The van der Waals surface area contributed by atoms with E-state index in [1.165, 1.54) is 27.9 Å². The van der Waals surface area contributed by atoms with Crippen LogP contribution in [0.3, 0.4) is 0 Å². The molecule has 0 N–H and O–H groups in total. The Morgan fingerprint density at radius 2 is 1.50 bits per heavy atom. The number of hydrogen-bond acceptors (Lipinski definition) is 0. The number of aromatic nitrogens is 1. The molecule has 3 aromatic rings. The van der Waals surface area contributed by atoms with Gasteiger partial charge in [0.2, 0.25) is 0 Å². The second-order valence-corrected chi connectivity index (χ2v) is 5.33. The maximum atomic E-state index is 2.33. The third-order valence-corrected chi connectivity index (χ3v) is 3.69. The molecule has 0 fully saturated rings. The van der Waals surface area contributed by atoms with E-state index < -0.39 is 0 Å². The molecule has 0 spiro atoms. The standard InChI is InChI=1S/C19H19N/c1-15-8-10-18(11-9-15)19-16(2)12-13-20(19)14-17-6-4-3-5-7-17/h3-13H,14H2,1-2H3. The average Bonchev–Trinajstić information content (AvgIpc) is 2.82. The third kappa shape index (κ3) is 2.53. The summed E-state index contributed by atoms with van der Waals surface area (Å²) >= 11 is 0. The van der Waals surface area contributed by atoms with E-state index in [9.17, 15) is 0 Å². The molecule has 0 saturated carbocycles. The molecule has 0 amide bonds. The Bertz CT molecular complexity index is 690. The van der Waals surface area contributed by atoms with Crippen molar-refractivity contribution >= 4 is 0 Å². The van der Waals surface area contributed by atoms with Crippen molar-refractivity contribution < 1.29 is 0 Å². The van der Waals surface area contributed by atoms with Gasteiger partial charge in [0, 0.05) is 12.7 Å². The Kier molecular flexibility index (Phi) is 3.42. The van der Waals surface area contributed by atoms with Crippen molar-refractivity contribution in [1.29, 1.82) is 0 Å². The minimum Gasteiger partial charge on any atom is -0.343 e. The first-order chi connectivity index (χ1) is 9.74. The molecule has 3 rings (SSSR count). The largest absolute Gasteiger partial charge is 0.343 e. The van der Waals surface area contributed by atoms with E-state index in [2.05, 4.69) is 85.3 Å². The Hall–Kier alpha value is -2.28. The van der Waals surface area contributed by atoms with Crippen LogP contribution in [0.1, 0.15) is 16.7 Å². The summed E-state index contributed by atoms with van der Waals surface area (Å²) in [6, 6.07) is 21.6. The van der Waals surface area contributed by atoms with Crippen LogP contribution < -0.4 is 0 Å². The molecule has 0 unspecified atom stereocenters. The van der Waals surface area contributed by atoms with Gasteiger partial charge in [-0.3, -0.25) is 0 Å². The molecule has 0 aliphatic heterocycles. The maximum absolute atomic E-state index is 2.33. The van der Waals surface area contributed by atoms with Gasteiger partial charge in [-0.25, -0.2) is 0 Å². The molecule has 0 bridgehead atoms. The number of benzene rings is 2. The molecule has 20 heavy (non-hydrogen) atoms. The Morgan fingerprint density at radius 1 is 0.800 bits per heavy atom. The number of aryl methyl sites for hydroxylation is 2. The zero-order chi connectivity index (χ0) is 13.9. The lowest BCUT2D eigenvalue weighted by Crippen LogP contribution is -2.00. The lowest BCUT2D eigenvalue weighted by Gasteiger charge is -2.11. The highest BCUT2D eigenvalue weighted by Gasteiger charge is 2.08. The SMILES string of the molecule is Cc1ccc(-c2c(C)ccn2Cc2ccccc2)cc1. The Morgan fingerprint density at radius 3 is 2.20 bits per heavy atom. The summed E-state index contributed by atoms with van der Waals surface area (Å²) in [5, 5.41) is 0. The van der Waals surface area contributed by atoms with E-state index in [4.69, 9.17) is 0 Å². The van der Waals surface area contributed by atoms with Gasteiger partial charge in [-0.2, -0.15) is 0 Å². The molecule has 0 aliphatic carbocycles. The second-order valence-electron chi connectivity index (χ2n) is 5.33. The molecule has 0 aliphatic rings. The topological polar surface area (TPSA) is 4.93 Å². The fraction of sp³-hybridized carbons (Fsp3) is 0.158. The highest BCUT2D eigenvalue weighted by atomic mass is 15.0. The van der Waals surface area contributed by atoms with Crippen LogP contribution in [0.5, 0.6) is 0 Å². The van der Waals surface area contributed by atoms with Crippen molar-refractivity contribution in [2.24, 2.45) is 0 Å². The molecule has 1 nitrogen and oxygen atoms in total. The molecule has 0 radical (unpaired) electrons. The van der Waals surface area contributed by atoms with Gasteiger partial charge in [-0.05, 0) is 36.6 Å². The van der Waals surface area contributed by atoms with Gasteiger partial charge >= 0.3 is 0 Å². The van der Waals surface area contributed by atoms with E-state index in [1.807, 2.05) is 0 Å². The number of hydrogen-bond donors (Lipinski definition) is 0. The summed E-state index contributed by atoms with van der Waals surface area (Å²) in [7, 11) is 0. The predicted octanol–water partition coefficient (Wildman–Crippen LogP) is 4.82. The Balaban J connectivity index is 1.99. The smallest absolute Gasteiger partial charge is 0.0513 e. The summed E-state index contributed by atoms with van der Waals surface area (Å²) < 4.78 is 2.33. The fourth-order valence-electron chi connectivity index (χ4n) is 2.60. The van der Waals surface area contributed by atoms with Gasteiger partial charge in [0.15, 0.2) is 0 Å². The molecule has 0 saturated heterocycles. The number of rotatable bonds is 3. The Labute approximate surface area is 120 Å². The summed E-state index contributed by atoms with van der Waals surface area (Å²) in [4.78, 5) is 0. The van der Waals surface area contributed by atoms with Crippen molar-refractivity contribution in [2.45, 2.75) is 20.4 Å². The molecule has 1 heterocycles. The van der Waals surface area contributed by atoms with Gasteiger partial charge in [-0.15, -0.1) is 0 Å². The van der Waals surface area contributed by atoms with Crippen LogP contribution in [0.2, 0.25) is 0 Å². The van der Waals surface area contributed by atoms with E-state index in [0.29, 0.717) is 0 Å². The zero-order valence-corrected chi connectivity index (χ0v) is 12.0. The first-order valence-electron chi connectivity index (χ1n) is 7.01. The van der Waals surface area contributed by atoms with Crippen molar-refractivity contribution in [3.63, 3.8) is 0 Å². The van der Waals surface area contributed by atoms with Gasteiger partial charge in [0.05, 0.1) is 5.69 Å². The van der Waals surface area contributed by atoms with Crippen LogP contribution in [-0.4, -0.2) is 4.57 Å². The van der Waals surface area contributed by atoms with Gasteiger partial charge in [0.1, 0.15) is 0 Å². The first kappa shape index (κ1) is 12.7.